The number of thiophene rings is 1. The SMILES string of the molecule is Cc1ccc(C2c3ccsc3CCN2C(=O)CN(C(=O)c2cccc(Br)c2)C2CC2)cc1. The van der Waals surface area contributed by atoms with E-state index in [0.29, 0.717) is 12.1 Å². The zero-order chi connectivity index (χ0) is 22.2. The van der Waals surface area contributed by atoms with Gasteiger partial charge in [-0.15, -0.1) is 11.3 Å². The molecule has 2 aliphatic rings. The third kappa shape index (κ3) is 4.26. The maximum absolute atomic E-state index is 13.7. The van der Waals surface area contributed by atoms with Gasteiger partial charge in [-0.05, 0) is 67.0 Å². The number of carbonyl (C=O) groups excluding carboxylic acids is 2. The molecule has 4 nitrogen and oxygen atoms in total. The predicted octanol–water partition coefficient (Wildman–Crippen LogP) is 5.60. The highest BCUT2D eigenvalue weighted by Gasteiger charge is 2.38. The topological polar surface area (TPSA) is 40.6 Å². The van der Waals surface area contributed by atoms with Gasteiger partial charge in [-0.3, -0.25) is 9.59 Å². The zero-order valence-corrected chi connectivity index (χ0v) is 20.4. The summed E-state index contributed by atoms with van der Waals surface area (Å²) in [6.45, 7) is 2.87. The summed E-state index contributed by atoms with van der Waals surface area (Å²) in [5.41, 5.74) is 4.16. The number of fused-ring (bicyclic) bond motifs is 1. The standard InChI is InChI=1S/C26H25BrN2O2S/c1-17-5-7-18(8-6-17)25-22-12-14-32-23(22)11-13-28(25)24(30)16-29(21-9-10-21)26(31)19-3-2-4-20(27)15-19/h2-8,12,14-15,21,25H,9-11,13,16H2,1H3. The highest BCUT2D eigenvalue weighted by molar-refractivity contribution is 9.10. The van der Waals surface area contributed by atoms with E-state index in [1.807, 2.05) is 29.2 Å². The van der Waals surface area contributed by atoms with Crippen molar-refractivity contribution in [3.63, 3.8) is 0 Å². The molecule has 1 aliphatic heterocycles. The van der Waals surface area contributed by atoms with Gasteiger partial charge in [0.25, 0.3) is 5.91 Å². The molecular weight excluding hydrogens is 484 g/mol. The first-order valence-corrected chi connectivity index (χ1v) is 12.7. The lowest BCUT2D eigenvalue weighted by Crippen LogP contribution is -2.47. The van der Waals surface area contributed by atoms with E-state index in [0.717, 1.165) is 29.3 Å². The van der Waals surface area contributed by atoms with Crippen LogP contribution < -0.4 is 0 Å². The number of aryl methyl sites for hydroxylation is 1. The second-order valence-corrected chi connectivity index (χ2v) is 10.5. The number of hydrogen-bond donors (Lipinski definition) is 0. The Kier molecular flexibility index (Phi) is 5.91. The first-order valence-electron chi connectivity index (χ1n) is 11.0. The molecule has 0 bridgehead atoms. The number of nitrogens with zero attached hydrogens (tertiary/aromatic N) is 2. The molecule has 0 radical (unpaired) electrons. The molecule has 1 aliphatic carbocycles. The van der Waals surface area contributed by atoms with Crippen molar-refractivity contribution in [2.24, 2.45) is 0 Å². The van der Waals surface area contributed by atoms with Gasteiger partial charge < -0.3 is 9.80 Å². The molecule has 0 N–H and O–H groups in total. The summed E-state index contributed by atoms with van der Waals surface area (Å²) in [5, 5.41) is 2.12. The molecule has 6 heteroatoms. The lowest BCUT2D eigenvalue weighted by molar-refractivity contribution is -0.134. The van der Waals surface area contributed by atoms with Crippen LogP contribution >= 0.6 is 27.3 Å². The Morgan fingerprint density at radius 2 is 1.91 bits per heavy atom. The van der Waals surface area contributed by atoms with E-state index in [9.17, 15) is 9.59 Å². The summed E-state index contributed by atoms with van der Waals surface area (Å²) in [6.07, 6.45) is 2.79. The van der Waals surface area contributed by atoms with E-state index in [2.05, 4.69) is 58.6 Å². The third-order valence-corrected chi connectivity index (χ3v) is 7.79. The summed E-state index contributed by atoms with van der Waals surface area (Å²) < 4.78 is 0.867. The molecular formula is C26H25BrN2O2S. The molecule has 1 fully saturated rings. The second kappa shape index (κ2) is 8.83. The number of halogens is 1. The molecule has 2 aromatic carbocycles. The quantitative estimate of drug-likeness (QED) is 0.450. The Labute approximate surface area is 201 Å². The van der Waals surface area contributed by atoms with Crippen LogP contribution in [0.2, 0.25) is 0 Å². The Balaban J connectivity index is 1.43. The maximum atomic E-state index is 13.7. The van der Waals surface area contributed by atoms with Crippen molar-refractivity contribution in [2.75, 3.05) is 13.1 Å². The molecule has 3 aromatic rings. The molecule has 0 spiro atoms. The minimum Gasteiger partial charge on any atom is -0.330 e. The van der Waals surface area contributed by atoms with Crippen molar-refractivity contribution in [1.82, 2.24) is 9.80 Å². The van der Waals surface area contributed by atoms with Crippen molar-refractivity contribution in [2.45, 2.75) is 38.3 Å². The van der Waals surface area contributed by atoms with Crippen LogP contribution in [0.15, 0.2) is 64.5 Å². The Hall–Kier alpha value is -2.44. The molecule has 5 rings (SSSR count). The molecule has 2 heterocycles. The van der Waals surface area contributed by atoms with Crippen LogP contribution in [-0.4, -0.2) is 40.7 Å². The second-order valence-electron chi connectivity index (χ2n) is 8.62. The Morgan fingerprint density at radius 3 is 2.62 bits per heavy atom. The van der Waals surface area contributed by atoms with Crippen LogP contribution in [0, 0.1) is 6.92 Å². The largest absolute Gasteiger partial charge is 0.330 e. The summed E-state index contributed by atoms with van der Waals surface area (Å²) in [7, 11) is 0. The normalized spacial score (nSPS) is 17.7. The first kappa shape index (κ1) is 21.4. The summed E-state index contributed by atoms with van der Waals surface area (Å²) >= 11 is 5.22. The van der Waals surface area contributed by atoms with Gasteiger partial charge in [-0.25, -0.2) is 0 Å². The predicted molar refractivity (Wildman–Crippen MR) is 131 cm³/mol. The van der Waals surface area contributed by atoms with Gasteiger partial charge in [-0.1, -0.05) is 51.8 Å². The zero-order valence-electron chi connectivity index (χ0n) is 18.0. The van der Waals surface area contributed by atoms with Crippen molar-refractivity contribution in [1.29, 1.82) is 0 Å². The van der Waals surface area contributed by atoms with Crippen molar-refractivity contribution < 1.29 is 9.59 Å². The molecule has 1 unspecified atom stereocenters. The highest BCUT2D eigenvalue weighted by Crippen LogP contribution is 2.38. The van der Waals surface area contributed by atoms with E-state index in [4.69, 9.17) is 0 Å². The highest BCUT2D eigenvalue weighted by atomic mass is 79.9. The maximum Gasteiger partial charge on any atom is 0.254 e. The lowest BCUT2D eigenvalue weighted by Gasteiger charge is -2.37. The van der Waals surface area contributed by atoms with Crippen LogP contribution in [0.1, 0.15) is 50.8 Å². The van der Waals surface area contributed by atoms with Gasteiger partial charge in [0.15, 0.2) is 0 Å². The fourth-order valence-corrected chi connectivity index (χ4v) is 5.77. The number of carbonyl (C=O) groups is 2. The van der Waals surface area contributed by atoms with Gasteiger partial charge in [0.05, 0.1) is 6.04 Å². The Bertz CT molecular complexity index is 1150. The molecule has 1 saturated carbocycles. The van der Waals surface area contributed by atoms with Gasteiger partial charge >= 0.3 is 0 Å². The van der Waals surface area contributed by atoms with Crippen LogP contribution in [0.5, 0.6) is 0 Å². The number of hydrogen-bond acceptors (Lipinski definition) is 3. The van der Waals surface area contributed by atoms with E-state index < -0.39 is 0 Å². The van der Waals surface area contributed by atoms with E-state index in [-0.39, 0.29) is 30.4 Å². The number of amides is 2. The molecule has 2 amide bonds. The van der Waals surface area contributed by atoms with Gasteiger partial charge in [0.2, 0.25) is 5.91 Å². The fraction of sp³-hybridized carbons (Fsp3) is 0.308. The summed E-state index contributed by atoms with van der Waals surface area (Å²) in [5.74, 6) is -0.0510. The van der Waals surface area contributed by atoms with E-state index >= 15 is 0 Å². The van der Waals surface area contributed by atoms with E-state index in [1.165, 1.54) is 16.0 Å². The summed E-state index contributed by atoms with van der Waals surface area (Å²) in [6, 6.07) is 18.1. The lowest BCUT2D eigenvalue weighted by atomic mass is 9.92. The van der Waals surface area contributed by atoms with Gasteiger partial charge in [-0.2, -0.15) is 0 Å². The number of rotatable bonds is 5. The van der Waals surface area contributed by atoms with Crippen LogP contribution in [0.4, 0.5) is 0 Å². The van der Waals surface area contributed by atoms with Crippen LogP contribution in [-0.2, 0) is 11.2 Å². The van der Waals surface area contributed by atoms with Crippen molar-refractivity contribution in [3.05, 3.63) is 91.6 Å². The molecule has 1 aromatic heterocycles. The molecule has 0 saturated heterocycles. The first-order chi connectivity index (χ1) is 15.5. The smallest absolute Gasteiger partial charge is 0.254 e. The molecule has 1 atom stereocenters. The van der Waals surface area contributed by atoms with Crippen LogP contribution in [0.25, 0.3) is 0 Å². The number of benzene rings is 2. The Morgan fingerprint density at radius 1 is 1.12 bits per heavy atom. The monoisotopic (exact) mass is 508 g/mol. The van der Waals surface area contributed by atoms with Gasteiger partial charge in [0, 0.05) is 27.5 Å². The molecule has 164 valence electrons. The van der Waals surface area contributed by atoms with Crippen molar-refractivity contribution in [3.8, 4) is 0 Å². The van der Waals surface area contributed by atoms with E-state index in [1.54, 1.807) is 16.2 Å². The fourth-order valence-electron chi connectivity index (χ4n) is 4.47. The average Bonchev–Trinajstić information content (AvgIpc) is 3.52. The van der Waals surface area contributed by atoms with Gasteiger partial charge in [0.1, 0.15) is 6.54 Å². The summed E-state index contributed by atoms with van der Waals surface area (Å²) in [4.78, 5) is 32.0. The third-order valence-electron chi connectivity index (χ3n) is 6.31. The minimum absolute atomic E-state index is 0.0164. The molecule has 32 heavy (non-hydrogen) atoms. The van der Waals surface area contributed by atoms with Crippen LogP contribution in [0.3, 0.4) is 0 Å². The van der Waals surface area contributed by atoms with Crippen molar-refractivity contribution >= 4 is 39.1 Å². The average molecular weight is 509 g/mol. The minimum atomic E-state index is -0.0971.